The number of imidazole rings is 1. The average molecular weight is 386 g/mol. The van der Waals surface area contributed by atoms with E-state index in [0.717, 1.165) is 28.1 Å². The van der Waals surface area contributed by atoms with Crippen molar-refractivity contribution in [2.75, 3.05) is 23.8 Å². The molecular weight excluding hydrogens is 364 g/mol. The van der Waals surface area contributed by atoms with Crippen molar-refractivity contribution in [1.29, 1.82) is 0 Å². The van der Waals surface area contributed by atoms with Gasteiger partial charge < -0.3 is 20.7 Å². The minimum absolute atomic E-state index is 0.0716. The van der Waals surface area contributed by atoms with E-state index in [1.165, 1.54) is 5.56 Å². The Balaban J connectivity index is 1.46. The number of benzene rings is 3. The standard InChI is InChI=1S/C23H22N4O2/c1-15-2-11-20-21(14-15)27-22(26-20)16-3-5-17(6-4-16)23(29)25-19-9-7-18(8-10-19)24-12-13-28/h2-11,14,24,28H,12-13H2,1H3,(H,25,29)(H,26,27). The lowest BCUT2D eigenvalue weighted by Gasteiger charge is -2.08. The van der Waals surface area contributed by atoms with Crippen LogP contribution in [0.3, 0.4) is 0 Å². The van der Waals surface area contributed by atoms with Crippen LogP contribution in [0.25, 0.3) is 22.4 Å². The van der Waals surface area contributed by atoms with Crippen molar-refractivity contribution in [2.45, 2.75) is 6.92 Å². The van der Waals surface area contributed by atoms with E-state index in [4.69, 9.17) is 5.11 Å². The molecule has 6 heteroatoms. The van der Waals surface area contributed by atoms with Gasteiger partial charge in [0.15, 0.2) is 0 Å². The highest BCUT2D eigenvalue weighted by Crippen LogP contribution is 2.22. The molecule has 1 aromatic heterocycles. The molecule has 6 nitrogen and oxygen atoms in total. The number of aliphatic hydroxyl groups is 1. The van der Waals surface area contributed by atoms with Crippen LogP contribution in [0.15, 0.2) is 66.7 Å². The third kappa shape index (κ3) is 4.28. The van der Waals surface area contributed by atoms with Gasteiger partial charge in [-0.15, -0.1) is 0 Å². The van der Waals surface area contributed by atoms with Crippen molar-refractivity contribution in [3.8, 4) is 11.4 Å². The molecule has 29 heavy (non-hydrogen) atoms. The van der Waals surface area contributed by atoms with Crippen LogP contribution in [0.5, 0.6) is 0 Å². The second-order valence-electron chi connectivity index (χ2n) is 6.87. The molecule has 0 spiro atoms. The van der Waals surface area contributed by atoms with E-state index in [-0.39, 0.29) is 12.5 Å². The van der Waals surface area contributed by atoms with Crippen molar-refractivity contribution >= 4 is 28.3 Å². The first-order valence-corrected chi connectivity index (χ1v) is 9.45. The van der Waals surface area contributed by atoms with Crippen molar-refractivity contribution in [1.82, 2.24) is 9.97 Å². The summed E-state index contributed by atoms with van der Waals surface area (Å²) in [6.07, 6.45) is 0. The van der Waals surface area contributed by atoms with Gasteiger partial charge in [0.2, 0.25) is 0 Å². The Bertz CT molecular complexity index is 1130. The Labute approximate surface area is 168 Å². The summed E-state index contributed by atoms with van der Waals surface area (Å²) < 4.78 is 0. The van der Waals surface area contributed by atoms with E-state index in [1.54, 1.807) is 12.1 Å². The highest BCUT2D eigenvalue weighted by atomic mass is 16.3. The summed E-state index contributed by atoms with van der Waals surface area (Å²) in [4.78, 5) is 20.5. The minimum atomic E-state index is -0.173. The maximum atomic E-state index is 12.5. The lowest BCUT2D eigenvalue weighted by molar-refractivity contribution is 0.102. The van der Waals surface area contributed by atoms with Crippen LogP contribution < -0.4 is 10.6 Å². The van der Waals surface area contributed by atoms with Gasteiger partial charge in [-0.2, -0.15) is 0 Å². The molecule has 0 aliphatic heterocycles. The number of amides is 1. The van der Waals surface area contributed by atoms with E-state index in [0.29, 0.717) is 17.8 Å². The molecule has 0 saturated heterocycles. The Morgan fingerprint density at radius 2 is 1.72 bits per heavy atom. The number of anilines is 2. The first-order chi connectivity index (χ1) is 14.1. The van der Waals surface area contributed by atoms with Gasteiger partial charge in [0.25, 0.3) is 5.91 Å². The molecule has 0 bridgehead atoms. The molecule has 0 unspecified atom stereocenters. The molecule has 1 amide bonds. The molecule has 1 heterocycles. The summed E-state index contributed by atoms with van der Waals surface area (Å²) >= 11 is 0. The molecule has 0 aliphatic carbocycles. The van der Waals surface area contributed by atoms with Gasteiger partial charge in [0.05, 0.1) is 17.6 Å². The number of rotatable bonds is 6. The fourth-order valence-electron chi connectivity index (χ4n) is 3.11. The topological polar surface area (TPSA) is 90.0 Å². The molecule has 0 saturated carbocycles. The monoisotopic (exact) mass is 386 g/mol. The fourth-order valence-corrected chi connectivity index (χ4v) is 3.11. The highest BCUT2D eigenvalue weighted by molar-refractivity contribution is 6.04. The number of carbonyl (C=O) groups is 1. The number of H-pyrrole nitrogens is 1. The average Bonchev–Trinajstić information content (AvgIpc) is 3.16. The van der Waals surface area contributed by atoms with Gasteiger partial charge >= 0.3 is 0 Å². The number of hydrogen-bond acceptors (Lipinski definition) is 4. The van der Waals surface area contributed by atoms with Crippen molar-refractivity contribution in [2.24, 2.45) is 0 Å². The van der Waals surface area contributed by atoms with Crippen LogP contribution in [0, 0.1) is 6.92 Å². The van der Waals surface area contributed by atoms with Crippen molar-refractivity contribution in [3.63, 3.8) is 0 Å². The molecule has 0 fully saturated rings. The van der Waals surface area contributed by atoms with E-state index < -0.39 is 0 Å². The Kier molecular flexibility index (Phi) is 5.27. The number of nitrogens with one attached hydrogen (secondary N) is 3. The normalized spacial score (nSPS) is 10.8. The smallest absolute Gasteiger partial charge is 0.255 e. The minimum Gasteiger partial charge on any atom is -0.395 e. The quantitative estimate of drug-likeness (QED) is 0.400. The van der Waals surface area contributed by atoms with Crippen LogP contribution >= 0.6 is 0 Å². The lowest BCUT2D eigenvalue weighted by Crippen LogP contribution is -2.12. The maximum Gasteiger partial charge on any atom is 0.255 e. The molecular formula is C23H22N4O2. The second-order valence-corrected chi connectivity index (χ2v) is 6.87. The number of fused-ring (bicyclic) bond motifs is 1. The SMILES string of the molecule is Cc1ccc2nc(-c3ccc(C(=O)Nc4ccc(NCCO)cc4)cc3)[nH]c2c1. The number of hydrogen-bond donors (Lipinski definition) is 4. The predicted octanol–water partition coefficient (Wildman–Crippen LogP) is 4.19. The summed E-state index contributed by atoms with van der Waals surface area (Å²) in [5.41, 5.74) is 6.20. The summed E-state index contributed by atoms with van der Waals surface area (Å²) in [6, 6.07) is 20.8. The third-order valence-electron chi connectivity index (χ3n) is 4.64. The number of aromatic amines is 1. The molecule has 4 aromatic rings. The molecule has 3 aromatic carbocycles. The van der Waals surface area contributed by atoms with Gasteiger partial charge in [-0.05, 0) is 61.0 Å². The van der Waals surface area contributed by atoms with Crippen LogP contribution in [0.2, 0.25) is 0 Å². The highest BCUT2D eigenvalue weighted by Gasteiger charge is 2.09. The fraction of sp³-hybridized carbons (Fsp3) is 0.130. The lowest BCUT2D eigenvalue weighted by atomic mass is 10.1. The van der Waals surface area contributed by atoms with Crippen LogP contribution in [0.1, 0.15) is 15.9 Å². The van der Waals surface area contributed by atoms with Gasteiger partial charge in [-0.1, -0.05) is 18.2 Å². The molecule has 146 valence electrons. The van der Waals surface area contributed by atoms with E-state index in [9.17, 15) is 4.79 Å². The summed E-state index contributed by atoms with van der Waals surface area (Å²) in [6.45, 7) is 2.61. The van der Waals surface area contributed by atoms with Crippen molar-refractivity contribution in [3.05, 3.63) is 77.9 Å². The van der Waals surface area contributed by atoms with Gasteiger partial charge in [-0.3, -0.25) is 4.79 Å². The first-order valence-electron chi connectivity index (χ1n) is 9.45. The molecule has 0 atom stereocenters. The van der Waals surface area contributed by atoms with Crippen LogP contribution in [0.4, 0.5) is 11.4 Å². The molecule has 0 radical (unpaired) electrons. The Hall–Kier alpha value is -3.64. The summed E-state index contributed by atoms with van der Waals surface area (Å²) in [5, 5.41) is 14.8. The maximum absolute atomic E-state index is 12.5. The van der Waals surface area contributed by atoms with Gasteiger partial charge in [-0.25, -0.2) is 4.98 Å². The zero-order chi connectivity index (χ0) is 20.2. The van der Waals surface area contributed by atoms with E-state index >= 15 is 0 Å². The Morgan fingerprint density at radius 3 is 2.45 bits per heavy atom. The zero-order valence-corrected chi connectivity index (χ0v) is 16.1. The number of aryl methyl sites for hydroxylation is 1. The number of aliphatic hydroxyl groups excluding tert-OH is 1. The summed E-state index contributed by atoms with van der Waals surface area (Å²) in [5.74, 6) is 0.608. The first kappa shape index (κ1) is 18.7. The summed E-state index contributed by atoms with van der Waals surface area (Å²) in [7, 11) is 0. The molecule has 4 N–H and O–H groups in total. The van der Waals surface area contributed by atoms with Gasteiger partial charge in [0.1, 0.15) is 5.82 Å². The van der Waals surface area contributed by atoms with Gasteiger partial charge in [0, 0.05) is 29.0 Å². The van der Waals surface area contributed by atoms with E-state index in [1.807, 2.05) is 55.5 Å². The second kappa shape index (κ2) is 8.16. The van der Waals surface area contributed by atoms with Crippen molar-refractivity contribution < 1.29 is 9.90 Å². The Morgan fingerprint density at radius 1 is 1.00 bits per heavy atom. The predicted molar refractivity (Wildman–Crippen MR) is 116 cm³/mol. The number of carbonyl (C=O) groups excluding carboxylic acids is 1. The van der Waals surface area contributed by atoms with Crippen LogP contribution in [-0.4, -0.2) is 34.1 Å². The van der Waals surface area contributed by atoms with E-state index in [2.05, 4.69) is 26.7 Å². The largest absolute Gasteiger partial charge is 0.395 e. The van der Waals surface area contributed by atoms with Crippen LogP contribution in [-0.2, 0) is 0 Å². The zero-order valence-electron chi connectivity index (χ0n) is 16.1. The molecule has 4 rings (SSSR count). The number of aromatic nitrogens is 2. The number of nitrogens with zero attached hydrogens (tertiary/aromatic N) is 1. The third-order valence-corrected chi connectivity index (χ3v) is 4.64. The molecule has 0 aliphatic rings.